The minimum atomic E-state index is -0.396. The topological polar surface area (TPSA) is 159 Å². The van der Waals surface area contributed by atoms with Crippen LogP contribution >= 0.6 is 23.5 Å². The second-order valence-electron chi connectivity index (χ2n) is 3.55. The Bertz CT molecular complexity index is 527. The Morgan fingerprint density at radius 1 is 1.52 bits per heavy atom. The molecule has 0 bridgehead atoms. The van der Waals surface area contributed by atoms with Gasteiger partial charge in [0.1, 0.15) is 5.04 Å². The quantitative estimate of drug-likeness (QED) is 0.223. The smallest absolute Gasteiger partial charge is 0.350 e. The van der Waals surface area contributed by atoms with Crippen molar-refractivity contribution in [3.63, 3.8) is 0 Å². The molecule has 0 spiro atoms. The molecule has 0 unspecified atom stereocenters. The lowest BCUT2D eigenvalue weighted by atomic mass is 10.7. The molecule has 0 amide bonds. The molecule has 0 saturated carbocycles. The summed E-state index contributed by atoms with van der Waals surface area (Å²) in [4.78, 5) is 21.7. The number of nitrogens with zero attached hydrogens (tertiary/aromatic N) is 5. The van der Waals surface area contributed by atoms with E-state index in [1.54, 1.807) is 6.26 Å². The maximum Gasteiger partial charge on any atom is 0.350 e. The SMILES string of the molecule is CSC(C[N+](=O)[O-])=NCCSCc1noc(N=C(N)N)n1. The summed E-state index contributed by atoms with van der Waals surface area (Å²) in [6.07, 6.45) is 1.76. The molecule has 10 nitrogen and oxygen atoms in total. The number of hydrogen-bond donors (Lipinski definition) is 2. The van der Waals surface area contributed by atoms with Crippen LogP contribution in [0, 0.1) is 10.1 Å². The number of aromatic nitrogens is 2. The summed E-state index contributed by atoms with van der Waals surface area (Å²) in [5.74, 6) is 1.53. The van der Waals surface area contributed by atoms with Gasteiger partial charge in [-0.3, -0.25) is 15.1 Å². The predicted molar refractivity (Wildman–Crippen MR) is 83.6 cm³/mol. The highest BCUT2D eigenvalue weighted by atomic mass is 32.2. The first-order chi connectivity index (χ1) is 10.0. The summed E-state index contributed by atoms with van der Waals surface area (Å²) in [6, 6.07) is 0.0132. The number of hydrogen-bond acceptors (Lipinski definition) is 9. The molecule has 1 heterocycles. The first-order valence-electron chi connectivity index (χ1n) is 5.70. The number of nitro groups is 1. The van der Waals surface area contributed by atoms with E-state index < -0.39 is 4.92 Å². The van der Waals surface area contributed by atoms with Gasteiger partial charge in [-0.1, -0.05) is 5.16 Å². The van der Waals surface area contributed by atoms with E-state index in [0.717, 1.165) is 0 Å². The Balaban J connectivity index is 2.30. The zero-order chi connectivity index (χ0) is 15.7. The fourth-order valence-electron chi connectivity index (χ4n) is 1.15. The van der Waals surface area contributed by atoms with Crippen molar-refractivity contribution in [3.05, 3.63) is 15.9 Å². The summed E-state index contributed by atoms with van der Waals surface area (Å²) in [7, 11) is 0. The van der Waals surface area contributed by atoms with Crippen molar-refractivity contribution in [3.8, 4) is 0 Å². The number of aliphatic imine (C=N–C) groups is 2. The lowest BCUT2D eigenvalue weighted by Gasteiger charge is -1.98. The van der Waals surface area contributed by atoms with Crippen LogP contribution in [0.5, 0.6) is 0 Å². The fraction of sp³-hybridized carbons (Fsp3) is 0.556. The van der Waals surface area contributed by atoms with E-state index in [1.807, 2.05) is 0 Å². The van der Waals surface area contributed by atoms with Gasteiger partial charge in [-0.2, -0.15) is 21.7 Å². The second-order valence-corrected chi connectivity index (χ2v) is 5.54. The monoisotopic (exact) mass is 333 g/mol. The molecule has 0 radical (unpaired) electrons. The first-order valence-corrected chi connectivity index (χ1v) is 8.08. The van der Waals surface area contributed by atoms with Crippen LogP contribution in [-0.4, -0.2) is 51.2 Å². The van der Waals surface area contributed by atoms with Gasteiger partial charge in [-0.05, 0) is 6.26 Å². The van der Waals surface area contributed by atoms with Crippen LogP contribution in [0.1, 0.15) is 5.82 Å². The summed E-state index contributed by atoms with van der Waals surface area (Å²) < 4.78 is 4.80. The maximum absolute atomic E-state index is 10.4. The van der Waals surface area contributed by atoms with Crippen LogP contribution in [0.2, 0.25) is 0 Å². The van der Waals surface area contributed by atoms with Crippen molar-refractivity contribution < 1.29 is 9.45 Å². The van der Waals surface area contributed by atoms with Gasteiger partial charge >= 0.3 is 6.01 Å². The molecule has 1 aromatic rings. The largest absolute Gasteiger partial charge is 0.370 e. The third-order valence-electron chi connectivity index (χ3n) is 1.94. The molecule has 12 heteroatoms. The zero-order valence-electron chi connectivity index (χ0n) is 11.3. The first kappa shape index (κ1) is 17.2. The van der Waals surface area contributed by atoms with E-state index in [9.17, 15) is 10.1 Å². The molecule has 21 heavy (non-hydrogen) atoms. The number of rotatable bonds is 8. The fourth-order valence-corrected chi connectivity index (χ4v) is 2.27. The van der Waals surface area contributed by atoms with Gasteiger partial charge in [-0.15, -0.1) is 11.8 Å². The van der Waals surface area contributed by atoms with Gasteiger partial charge < -0.3 is 16.0 Å². The zero-order valence-corrected chi connectivity index (χ0v) is 12.9. The van der Waals surface area contributed by atoms with Crippen molar-refractivity contribution in [2.75, 3.05) is 25.1 Å². The van der Waals surface area contributed by atoms with E-state index in [0.29, 0.717) is 28.9 Å². The van der Waals surface area contributed by atoms with Gasteiger partial charge in [0.05, 0.1) is 5.75 Å². The molecule has 0 saturated heterocycles. The molecule has 0 aromatic carbocycles. The van der Waals surface area contributed by atoms with Gasteiger partial charge in [0.25, 0.3) is 6.54 Å². The second kappa shape index (κ2) is 9.18. The molecule has 1 rings (SSSR count). The molecular formula is C9H15N7O3S2. The highest BCUT2D eigenvalue weighted by molar-refractivity contribution is 8.13. The average molecular weight is 333 g/mol. The van der Waals surface area contributed by atoms with Crippen LogP contribution in [0.25, 0.3) is 0 Å². The minimum Gasteiger partial charge on any atom is -0.370 e. The molecule has 116 valence electrons. The van der Waals surface area contributed by atoms with E-state index >= 15 is 0 Å². The van der Waals surface area contributed by atoms with E-state index in [1.165, 1.54) is 23.5 Å². The summed E-state index contributed by atoms with van der Waals surface area (Å²) in [5.41, 5.74) is 10.4. The van der Waals surface area contributed by atoms with Crippen molar-refractivity contribution in [2.24, 2.45) is 21.5 Å². The van der Waals surface area contributed by atoms with E-state index in [2.05, 4.69) is 20.1 Å². The Labute approximate surface area is 129 Å². The highest BCUT2D eigenvalue weighted by Gasteiger charge is 2.06. The van der Waals surface area contributed by atoms with Gasteiger partial charge in [-0.25, -0.2) is 0 Å². The maximum atomic E-state index is 10.4. The molecule has 0 aliphatic rings. The van der Waals surface area contributed by atoms with Crippen molar-refractivity contribution in [2.45, 2.75) is 5.75 Å². The van der Waals surface area contributed by atoms with Crippen LogP contribution < -0.4 is 11.5 Å². The number of guanidine groups is 1. The molecule has 0 aliphatic carbocycles. The molecule has 0 fully saturated rings. The summed E-state index contributed by atoms with van der Waals surface area (Å²) >= 11 is 2.81. The third kappa shape index (κ3) is 7.51. The Hall–Kier alpha value is -1.82. The molecule has 0 aliphatic heterocycles. The van der Waals surface area contributed by atoms with Crippen LogP contribution in [0.3, 0.4) is 0 Å². The van der Waals surface area contributed by atoms with Crippen LogP contribution in [0.4, 0.5) is 6.01 Å². The molecule has 4 N–H and O–H groups in total. The Morgan fingerprint density at radius 3 is 2.90 bits per heavy atom. The average Bonchev–Trinajstić information content (AvgIpc) is 2.83. The predicted octanol–water partition coefficient (Wildman–Crippen LogP) is 0.246. The minimum absolute atomic E-state index is 0.0132. The normalized spacial score (nSPS) is 11.4. The summed E-state index contributed by atoms with van der Waals surface area (Å²) in [5, 5.41) is 14.6. The van der Waals surface area contributed by atoms with Gasteiger partial charge in [0.2, 0.25) is 0 Å². The van der Waals surface area contributed by atoms with Gasteiger partial charge in [0.15, 0.2) is 11.8 Å². The molecular weight excluding hydrogens is 318 g/mol. The van der Waals surface area contributed by atoms with Crippen molar-refractivity contribution in [1.82, 2.24) is 10.1 Å². The lowest BCUT2D eigenvalue weighted by molar-refractivity contribution is -0.462. The number of thioether (sulfide) groups is 2. The van der Waals surface area contributed by atoms with Crippen LogP contribution in [0.15, 0.2) is 14.5 Å². The van der Waals surface area contributed by atoms with Crippen molar-refractivity contribution in [1.29, 1.82) is 0 Å². The lowest BCUT2D eigenvalue weighted by Crippen LogP contribution is -2.21. The molecule has 0 atom stereocenters. The molecule has 1 aromatic heterocycles. The number of nitrogens with two attached hydrogens (primary N) is 2. The Kier molecular flexibility index (Phi) is 7.53. The highest BCUT2D eigenvalue weighted by Crippen LogP contribution is 2.13. The van der Waals surface area contributed by atoms with Crippen LogP contribution in [-0.2, 0) is 5.75 Å². The standard InChI is InChI=1S/C9H15N7O3S2/c1-20-7(4-16(17)18)12-2-3-21-5-6-13-9(19-15-6)14-8(10)11/h2-5H2,1H3,(H4,10,11,13,14,15). The van der Waals surface area contributed by atoms with E-state index in [-0.39, 0.29) is 18.5 Å². The third-order valence-corrected chi connectivity index (χ3v) is 3.60. The van der Waals surface area contributed by atoms with Crippen molar-refractivity contribution >= 4 is 40.5 Å². The van der Waals surface area contributed by atoms with E-state index in [4.69, 9.17) is 16.0 Å². The summed E-state index contributed by atoms with van der Waals surface area (Å²) in [6.45, 7) is 0.256. The Morgan fingerprint density at radius 2 is 2.29 bits per heavy atom. The van der Waals surface area contributed by atoms with Gasteiger partial charge in [0, 0.05) is 17.2 Å².